The molecular weight excluding hydrogens is 278 g/mol. The van der Waals surface area contributed by atoms with Gasteiger partial charge in [0, 0.05) is 22.4 Å². The summed E-state index contributed by atoms with van der Waals surface area (Å²) in [5.74, 6) is 0. The van der Waals surface area contributed by atoms with E-state index in [2.05, 4.69) is 0 Å². The fourth-order valence-electron chi connectivity index (χ4n) is 0. The van der Waals surface area contributed by atoms with E-state index in [1.54, 1.807) is 0 Å². The molecule has 0 aromatic carbocycles. The number of rotatable bonds is 0. The Balaban J connectivity index is -0.0000000450. The van der Waals surface area contributed by atoms with E-state index in [4.69, 9.17) is 15.3 Å². The van der Waals surface area contributed by atoms with Gasteiger partial charge >= 0.3 is 22.4 Å². The van der Waals surface area contributed by atoms with Crippen molar-refractivity contribution in [3.8, 4) is 0 Å². The maximum absolute atomic E-state index is 8.25. The van der Waals surface area contributed by atoms with E-state index in [1.807, 2.05) is 0 Å². The molecule has 0 aliphatic rings. The number of hydrogen-bond acceptors (Lipinski definition) is 3. The summed E-state index contributed by atoms with van der Waals surface area (Å²) in [6.07, 6.45) is 0. The van der Waals surface area contributed by atoms with Gasteiger partial charge in [0.05, 0.1) is 5.09 Å². The normalized spacial score (nSPS) is 4.00. The van der Waals surface area contributed by atoms with Gasteiger partial charge in [-0.25, -0.2) is 0 Å². The predicted octanol–water partition coefficient (Wildman–Crippen LogP) is -0.244. The molecule has 0 heterocycles. The van der Waals surface area contributed by atoms with Gasteiger partial charge in [0.1, 0.15) is 0 Å². The van der Waals surface area contributed by atoms with Crippen LogP contribution in [-0.2, 0) is 44.8 Å². The van der Waals surface area contributed by atoms with Gasteiger partial charge in [-0.3, -0.25) is 0 Å². The summed E-state index contributed by atoms with van der Waals surface area (Å²) in [5.41, 5.74) is 0. The predicted molar refractivity (Wildman–Crippen MR) is 10.4 cm³/mol. The minimum atomic E-state index is -1.75. The third-order valence-electron chi connectivity index (χ3n) is 0. The van der Waals surface area contributed by atoms with Crippen molar-refractivity contribution >= 4 is 0 Å². The second-order valence-electron chi connectivity index (χ2n) is 0.224. The van der Waals surface area contributed by atoms with Gasteiger partial charge in [0.25, 0.3) is 0 Å². The van der Waals surface area contributed by atoms with E-state index in [0.29, 0.717) is 0 Å². The Morgan fingerprint density at radius 1 is 1.33 bits per heavy atom. The van der Waals surface area contributed by atoms with Gasteiger partial charge in [0.2, 0.25) is 0 Å². The molecule has 0 N–H and O–H groups in total. The average molecular weight is 278 g/mol. The third-order valence-corrected chi connectivity index (χ3v) is 0. The molecule has 0 spiro atoms. The van der Waals surface area contributed by atoms with Gasteiger partial charge in [-0.1, -0.05) is 0 Å². The zero-order valence-corrected chi connectivity index (χ0v) is 5.24. The summed E-state index contributed by atoms with van der Waals surface area (Å²) >= 11 is 0. The van der Waals surface area contributed by atoms with Crippen LogP contribution in [0.5, 0.6) is 0 Å². The zero-order valence-electron chi connectivity index (χ0n) is 2.27. The third kappa shape index (κ3) is 137. The van der Waals surface area contributed by atoms with Crippen LogP contribution in [0.4, 0.5) is 0 Å². The van der Waals surface area contributed by atoms with Crippen molar-refractivity contribution in [2.24, 2.45) is 0 Å². The summed E-state index contributed by atoms with van der Waals surface area (Å²) in [4.78, 5) is 8.25. The molecular formula is Ag2NO3. The molecule has 0 aromatic rings. The van der Waals surface area contributed by atoms with Crippen LogP contribution in [0.3, 0.4) is 0 Å². The molecule has 0 amide bonds. The van der Waals surface area contributed by atoms with Crippen LogP contribution >= 0.6 is 0 Å². The maximum atomic E-state index is 8.25. The van der Waals surface area contributed by atoms with Gasteiger partial charge in [-0.15, -0.1) is 0 Å². The molecule has 45 valence electrons. The summed E-state index contributed by atoms with van der Waals surface area (Å²) in [6, 6.07) is 0. The van der Waals surface area contributed by atoms with Crippen molar-refractivity contribution in [2.75, 3.05) is 0 Å². The Morgan fingerprint density at radius 3 is 1.33 bits per heavy atom. The summed E-state index contributed by atoms with van der Waals surface area (Å²) in [6.45, 7) is 0. The first-order valence-electron chi connectivity index (χ1n) is 0.548. The summed E-state index contributed by atoms with van der Waals surface area (Å²) < 4.78 is 0. The van der Waals surface area contributed by atoms with Crippen molar-refractivity contribution in [3.63, 3.8) is 0 Å². The molecule has 0 rings (SSSR count). The zero-order chi connectivity index (χ0) is 3.58. The van der Waals surface area contributed by atoms with Crippen LogP contribution in [0.1, 0.15) is 0 Å². The molecule has 0 aromatic heterocycles. The molecule has 0 unspecified atom stereocenters. The molecule has 0 aliphatic heterocycles. The first-order valence-corrected chi connectivity index (χ1v) is 0.548. The maximum Gasteiger partial charge on any atom is 1.00 e. The molecule has 0 saturated heterocycles. The van der Waals surface area contributed by atoms with Crippen LogP contribution in [0.25, 0.3) is 0 Å². The van der Waals surface area contributed by atoms with Crippen molar-refractivity contribution < 1.29 is 49.8 Å². The van der Waals surface area contributed by atoms with Gasteiger partial charge < -0.3 is 15.3 Å². The van der Waals surface area contributed by atoms with E-state index < -0.39 is 5.09 Å². The molecule has 1 radical (unpaired) electrons. The van der Waals surface area contributed by atoms with E-state index in [-0.39, 0.29) is 44.8 Å². The van der Waals surface area contributed by atoms with Gasteiger partial charge in [0.15, 0.2) is 0 Å². The largest absolute Gasteiger partial charge is 1.00 e. The van der Waals surface area contributed by atoms with Crippen LogP contribution in [-0.4, -0.2) is 5.09 Å². The van der Waals surface area contributed by atoms with E-state index in [9.17, 15) is 0 Å². The minimum Gasteiger partial charge on any atom is -0.356 e. The first-order chi connectivity index (χ1) is 1.73. The fraction of sp³-hybridized carbons (Fsp3) is 0. The molecule has 0 bridgehead atoms. The quantitative estimate of drug-likeness (QED) is 0.349. The number of nitrogens with zero attached hydrogens (tertiary/aromatic N) is 1. The van der Waals surface area contributed by atoms with Crippen molar-refractivity contribution in [1.29, 1.82) is 0 Å². The Bertz CT molecular complexity index is 31.8. The molecule has 6 heteroatoms. The number of hydrogen-bond donors (Lipinski definition) is 0. The fourth-order valence-corrected chi connectivity index (χ4v) is 0. The SMILES string of the molecule is O=[N+]([O-])[O-].[Ag+].[Ag]. The topological polar surface area (TPSA) is 66.2 Å². The van der Waals surface area contributed by atoms with Crippen LogP contribution in [0.2, 0.25) is 0 Å². The van der Waals surface area contributed by atoms with Crippen LogP contribution < -0.4 is 0 Å². The van der Waals surface area contributed by atoms with E-state index >= 15 is 0 Å². The molecule has 0 atom stereocenters. The minimum absolute atomic E-state index is 0. The Kier molecular flexibility index (Phi) is 24.4. The first kappa shape index (κ1) is 15.9. The monoisotopic (exact) mass is 276 g/mol. The second-order valence-corrected chi connectivity index (χ2v) is 0.224. The molecule has 0 saturated carbocycles. The average Bonchev–Trinajstić information content (AvgIpc) is 0.811. The Morgan fingerprint density at radius 2 is 1.33 bits per heavy atom. The Labute approximate surface area is 65.0 Å². The standard InChI is InChI=1S/2Ag.NO3/c;;2-1(3)4/q;+1;-1. The van der Waals surface area contributed by atoms with Crippen LogP contribution in [0.15, 0.2) is 0 Å². The molecule has 4 nitrogen and oxygen atoms in total. The molecule has 0 fully saturated rings. The van der Waals surface area contributed by atoms with Crippen LogP contribution in [0, 0.1) is 15.3 Å². The van der Waals surface area contributed by atoms with Crippen molar-refractivity contribution in [1.82, 2.24) is 0 Å². The smallest absolute Gasteiger partial charge is 0.356 e. The Hall–Kier alpha value is 0.681. The van der Waals surface area contributed by atoms with E-state index in [0.717, 1.165) is 0 Å². The summed E-state index contributed by atoms with van der Waals surface area (Å²) in [7, 11) is 0. The van der Waals surface area contributed by atoms with E-state index in [1.165, 1.54) is 0 Å². The van der Waals surface area contributed by atoms with Gasteiger partial charge in [-0.05, 0) is 0 Å². The second kappa shape index (κ2) is 9.19. The molecule has 6 heavy (non-hydrogen) atoms. The van der Waals surface area contributed by atoms with Gasteiger partial charge in [-0.2, -0.15) is 0 Å². The van der Waals surface area contributed by atoms with Crippen molar-refractivity contribution in [2.45, 2.75) is 0 Å². The summed E-state index contributed by atoms with van der Waals surface area (Å²) in [5, 5.41) is 14.8. The van der Waals surface area contributed by atoms with Crippen molar-refractivity contribution in [3.05, 3.63) is 15.3 Å². The molecule has 0 aliphatic carbocycles.